The third kappa shape index (κ3) is 9.16. The Hall–Kier alpha value is -1.65. The van der Waals surface area contributed by atoms with Gasteiger partial charge in [0.05, 0.1) is 6.61 Å². The number of carbonyl (C=O) groups excluding carboxylic acids is 1. The van der Waals surface area contributed by atoms with Gasteiger partial charge in [-0.3, -0.25) is 4.55 Å². The molecule has 0 aliphatic heterocycles. The highest BCUT2D eigenvalue weighted by Gasteiger charge is 2.44. The van der Waals surface area contributed by atoms with Crippen LogP contribution < -0.4 is 0 Å². The molecule has 0 bridgehead atoms. The molecule has 0 radical (unpaired) electrons. The Balaban J connectivity index is 0.000000515. The molecule has 10 heteroatoms. The molecule has 23 heavy (non-hydrogen) atoms. The third-order valence-corrected chi connectivity index (χ3v) is 2.99. The number of aliphatic hydroxyl groups is 1. The Morgan fingerprint density at radius 3 is 2.13 bits per heavy atom. The van der Waals surface area contributed by atoms with E-state index >= 15 is 0 Å². The first kappa shape index (κ1) is 21.4. The highest BCUT2D eigenvalue weighted by Crippen LogP contribution is 2.20. The number of hydrogen-bond acceptors (Lipinski definition) is 5. The van der Waals surface area contributed by atoms with Gasteiger partial charge in [0, 0.05) is 0 Å². The van der Waals surface area contributed by atoms with Crippen molar-refractivity contribution in [1.82, 2.24) is 0 Å². The van der Waals surface area contributed by atoms with Crippen molar-refractivity contribution >= 4 is 16.1 Å². The van der Waals surface area contributed by atoms with Crippen molar-refractivity contribution < 1.29 is 40.8 Å². The molecule has 2 N–H and O–H groups in total. The minimum Gasteiger partial charge on any atom is -0.464 e. The number of benzene rings is 1. The summed E-state index contributed by atoms with van der Waals surface area (Å²) >= 11 is 0. The van der Waals surface area contributed by atoms with Crippen molar-refractivity contribution in [3.8, 4) is 0 Å². The van der Waals surface area contributed by atoms with Crippen LogP contribution in [0.25, 0.3) is 0 Å². The Morgan fingerprint density at radius 1 is 1.26 bits per heavy atom. The molecule has 0 saturated carbocycles. The summed E-state index contributed by atoms with van der Waals surface area (Å²) in [6.45, 7) is 2.03. The van der Waals surface area contributed by atoms with Crippen molar-refractivity contribution in [3.05, 3.63) is 35.9 Å². The minimum absolute atomic E-state index is 0.307. The Morgan fingerprint density at radius 2 is 1.74 bits per heavy atom. The maximum absolute atomic E-state index is 11.1. The Labute approximate surface area is 131 Å². The molecule has 0 unspecified atom stereocenters. The van der Waals surface area contributed by atoms with Crippen LogP contribution in [-0.4, -0.2) is 42.3 Å². The maximum atomic E-state index is 11.1. The monoisotopic (exact) mass is 358 g/mol. The summed E-state index contributed by atoms with van der Waals surface area (Å²) in [6, 6.07) is 9.75. The lowest BCUT2D eigenvalue weighted by Crippen LogP contribution is -2.23. The van der Waals surface area contributed by atoms with Crippen LogP contribution in [0.2, 0.25) is 0 Å². The first-order valence-corrected chi connectivity index (χ1v) is 7.85. The molecule has 0 aliphatic rings. The van der Waals surface area contributed by atoms with E-state index in [1.165, 1.54) is 0 Å². The van der Waals surface area contributed by atoms with Gasteiger partial charge in [-0.15, -0.1) is 0 Å². The van der Waals surface area contributed by atoms with Crippen LogP contribution in [0, 0.1) is 0 Å². The molecule has 6 nitrogen and oxygen atoms in total. The molecular weight excluding hydrogens is 341 g/mol. The Kier molecular flexibility index (Phi) is 8.80. The van der Waals surface area contributed by atoms with Crippen LogP contribution in [0.15, 0.2) is 30.3 Å². The predicted octanol–water partition coefficient (Wildman–Crippen LogP) is 1.94. The van der Waals surface area contributed by atoms with E-state index < -0.39 is 27.7 Å². The van der Waals surface area contributed by atoms with E-state index in [4.69, 9.17) is 17.7 Å². The molecule has 1 aromatic carbocycles. The fraction of sp³-hybridized carbons (Fsp3) is 0.462. The van der Waals surface area contributed by atoms with E-state index in [1.54, 1.807) is 6.92 Å². The molecule has 1 aromatic rings. The van der Waals surface area contributed by atoms with Gasteiger partial charge in [-0.2, -0.15) is 21.6 Å². The van der Waals surface area contributed by atoms with Crippen molar-refractivity contribution in [2.75, 3.05) is 6.61 Å². The standard InChI is InChI=1S/C12H16O3.CHF3O3S/c1-2-15-12(14)11(13)9-8-10-6-4-3-5-7-10;2-1(3,4)8(5,6)7/h3-7,11,13H,2,8-9H2,1H3;(H,5,6,7)/t11-;/m1./s1. The van der Waals surface area contributed by atoms with Gasteiger partial charge in [0.15, 0.2) is 6.10 Å². The maximum Gasteiger partial charge on any atom is 0.522 e. The number of ether oxygens (including phenoxy) is 1. The van der Waals surface area contributed by atoms with Crippen molar-refractivity contribution in [3.63, 3.8) is 0 Å². The predicted molar refractivity (Wildman–Crippen MR) is 75.0 cm³/mol. The molecule has 0 aromatic heterocycles. The molecule has 132 valence electrons. The van der Waals surface area contributed by atoms with Crippen molar-refractivity contribution in [1.29, 1.82) is 0 Å². The van der Waals surface area contributed by atoms with Gasteiger partial charge in [-0.05, 0) is 25.3 Å². The van der Waals surface area contributed by atoms with E-state index in [9.17, 15) is 23.1 Å². The van der Waals surface area contributed by atoms with Gasteiger partial charge >= 0.3 is 21.6 Å². The lowest BCUT2D eigenvalue weighted by atomic mass is 10.1. The van der Waals surface area contributed by atoms with E-state index in [1.807, 2.05) is 30.3 Å². The van der Waals surface area contributed by atoms with E-state index in [0.717, 1.165) is 5.56 Å². The van der Waals surface area contributed by atoms with Gasteiger partial charge in [-0.1, -0.05) is 30.3 Å². The molecule has 0 heterocycles. The zero-order valence-electron chi connectivity index (χ0n) is 12.2. The molecule has 1 atom stereocenters. The van der Waals surface area contributed by atoms with Gasteiger partial charge in [0.2, 0.25) is 0 Å². The summed E-state index contributed by atoms with van der Waals surface area (Å²) in [4.78, 5) is 11.1. The number of hydrogen-bond donors (Lipinski definition) is 2. The van der Waals surface area contributed by atoms with E-state index in [0.29, 0.717) is 19.4 Å². The zero-order valence-corrected chi connectivity index (χ0v) is 13.0. The summed E-state index contributed by atoms with van der Waals surface area (Å²) in [5.74, 6) is -0.534. The van der Waals surface area contributed by atoms with E-state index in [2.05, 4.69) is 0 Å². The first-order chi connectivity index (χ1) is 10.5. The molecule has 0 saturated heterocycles. The average Bonchev–Trinajstić information content (AvgIpc) is 2.44. The van der Waals surface area contributed by atoms with E-state index in [-0.39, 0.29) is 0 Å². The topological polar surface area (TPSA) is 101 Å². The zero-order chi connectivity index (χ0) is 18.1. The van der Waals surface area contributed by atoms with Gasteiger partial charge in [0.1, 0.15) is 0 Å². The highest BCUT2D eigenvalue weighted by molar-refractivity contribution is 7.86. The number of rotatable bonds is 5. The lowest BCUT2D eigenvalue weighted by Gasteiger charge is -2.09. The van der Waals surface area contributed by atoms with Crippen LogP contribution >= 0.6 is 0 Å². The SMILES string of the molecule is CCOC(=O)[C@H](O)CCc1ccccc1.O=S(=O)(O)C(F)(F)F. The summed E-state index contributed by atoms with van der Waals surface area (Å²) in [5, 5.41) is 9.44. The second-order valence-electron chi connectivity index (χ2n) is 4.21. The van der Waals surface area contributed by atoms with Gasteiger partial charge in [-0.25, -0.2) is 4.79 Å². The van der Waals surface area contributed by atoms with Crippen molar-refractivity contribution in [2.24, 2.45) is 0 Å². The summed E-state index contributed by atoms with van der Waals surface area (Å²) in [5.41, 5.74) is -4.42. The number of aryl methyl sites for hydroxylation is 1. The first-order valence-electron chi connectivity index (χ1n) is 6.41. The number of esters is 1. The lowest BCUT2D eigenvalue weighted by molar-refractivity contribution is -0.153. The van der Waals surface area contributed by atoms with Crippen LogP contribution in [0.3, 0.4) is 0 Å². The molecule has 0 amide bonds. The largest absolute Gasteiger partial charge is 0.522 e. The molecule has 0 fully saturated rings. The molecule has 0 spiro atoms. The number of alkyl halides is 3. The van der Waals surface area contributed by atoms with Gasteiger partial charge in [0.25, 0.3) is 0 Å². The van der Waals surface area contributed by atoms with Gasteiger partial charge < -0.3 is 9.84 Å². The number of aliphatic hydroxyl groups excluding tert-OH is 1. The third-order valence-electron chi connectivity index (χ3n) is 2.40. The number of halogens is 3. The smallest absolute Gasteiger partial charge is 0.464 e. The summed E-state index contributed by atoms with van der Waals surface area (Å²) in [7, 11) is -5.84. The Bertz CT molecular complexity index is 571. The molecule has 0 aliphatic carbocycles. The summed E-state index contributed by atoms with van der Waals surface area (Å²) in [6.07, 6.45) is 0.0779. The minimum atomic E-state index is -5.84. The molecular formula is C13H17F3O6S. The quantitative estimate of drug-likeness (QED) is 0.474. The van der Waals surface area contributed by atoms with Crippen LogP contribution in [0.5, 0.6) is 0 Å². The second kappa shape index (κ2) is 9.48. The summed E-state index contributed by atoms with van der Waals surface area (Å²) < 4.78 is 62.2. The fourth-order valence-corrected chi connectivity index (χ4v) is 1.30. The normalized spacial score (nSPS) is 12.8. The highest BCUT2D eigenvalue weighted by atomic mass is 32.2. The number of carbonyl (C=O) groups is 1. The van der Waals surface area contributed by atoms with Crippen LogP contribution in [-0.2, 0) is 26.1 Å². The van der Waals surface area contributed by atoms with Crippen molar-refractivity contribution in [2.45, 2.75) is 31.4 Å². The molecule has 1 rings (SSSR count). The average molecular weight is 358 g/mol. The fourth-order valence-electron chi connectivity index (χ4n) is 1.30. The van der Waals surface area contributed by atoms with Crippen LogP contribution in [0.1, 0.15) is 18.9 Å². The van der Waals surface area contributed by atoms with Crippen LogP contribution in [0.4, 0.5) is 13.2 Å². The second-order valence-corrected chi connectivity index (χ2v) is 5.63.